The highest BCUT2D eigenvalue weighted by atomic mass is 35.5. The predicted octanol–water partition coefficient (Wildman–Crippen LogP) is 2.72. The molecule has 0 fully saturated rings. The monoisotopic (exact) mass is 668 g/mol. The number of aromatic nitrogens is 3. The van der Waals surface area contributed by atoms with Crippen molar-refractivity contribution in [2.75, 3.05) is 32.1 Å². The van der Waals surface area contributed by atoms with Crippen molar-refractivity contribution in [1.29, 1.82) is 0 Å². The van der Waals surface area contributed by atoms with E-state index in [1.54, 1.807) is 28.8 Å². The zero-order chi connectivity index (χ0) is 31.1. The van der Waals surface area contributed by atoms with Crippen LogP contribution in [0.5, 0.6) is 5.75 Å². The summed E-state index contributed by atoms with van der Waals surface area (Å²) in [6.45, 7) is 2.01. The van der Waals surface area contributed by atoms with Crippen molar-refractivity contribution in [3.8, 4) is 17.0 Å². The van der Waals surface area contributed by atoms with Gasteiger partial charge < -0.3 is 37.3 Å². The molecule has 12 nitrogen and oxygen atoms in total. The van der Waals surface area contributed by atoms with Crippen LogP contribution in [0.3, 0.4) is 0 Å². The number of aryl methyl sites for hydroxylation is 1. The molecule has 0 aliphatic heterocycles. The van der Waals surface area contributed by atoms with E-state index < -0.39 is 29.7 Å². The Balaban J connectivity index is 0.00000353. The first kappa shape index (κ1) is 37.1. The van der Waals surface area contributed by atoms with E-state index in [9.17, 15) is 23.5 Å². The topological polar surface area (TPSA) is 182 Å². The highest BCUT2D eigenvalue weighted by Crippen LogP contribution is 2.31. The molecular weight excluding hydrogens is 633 g/mol. The van der Waals surface area contributed by atoms with E-state index in [0.29, 0.717) is 41.3 Å². The van der Waals surface area contributed by atoms with E-state index >= 15 is 0 Å². The van der Waals surface area contributed by atoms with Crippen molar-refractivity contribution in [3.63, 3.8) is 0 Å². The SMILES string of the molecule is CCc1cc(Nc2nccn3c(-c4ccc(OC)c(F)c4F)cnc23)ccc1C(=O)NCC(O)CNC(=O)[C@H](N)CCN.Cl.Cl. The molecule has 45 heavy (non-hydrogen) atoms. The molecule has 16 heteroatoms. The van der Waals surface area contributed by atoms with E-state index in [2.05, 4.69) is 25.9 Å². The van der Waals surface area contributed by atoms with Gasteiger partial charge in [0, 0.05) is 42.3 Å². The van der Waals surface area contributed by atoms with Crippen LogP contribution < -0.4 is 32.2 Å². The van der Waals surface area contributed by atoms with Gasteiger partial charge >= 0.3 is 0 Å². The quantitative estimate of drug-likeness (QED) is 0.125. The second kappa shape index (κ2) is 16.8. The normalized spacial score (nSPS) is 12.0. The average Bonchev–Trinajstić information content (AvgIpc) is 3.44. The molecule has 2 aromatic carbocycles. The molecule has 0 aliphatic rings. The molecule has 0 spiro atoms. The number of nitrogens with one attached hydrogen (secondary N) is 3. The molecular formula is C29H36Cl2F2N8O4. The van der Waals surface area contributed by atoms with Crippen LogP contribution in [0, 0.1) is 11.6 Å². The fourth-order valence-corrected chi connectivity index (χ4v) is 4.45. The summed E-state index contributed by atoms with van der Waals surface area (Å²) in [7, 11) is 1.26. The van der Waals surface area contributed by atoms with Gasteiger partial charge in [0.05, 0.1) is 31.1 Å². The number of fused-ring (bicyclic) bond motifs is 1. The van der Waals surface area contributed by atoms with Crippen molar-refractivity contribution in [2.45, 2.75) is 31.9 Å². The number of hydrogen-bond acceptors (Lipinski definition) is 9. The van der Waals surface area contributed by atoms with Crippen molar-refractivity contribution < 1.29 is 28.2 Å². The van der Waals surface area contributed by atoms with Crippen LogP contribution in [-0.2, 0) is 11.2 Å². The van der Waals surface area contributed by atoms with Gasteiger partial charge in [-0.3, -0.25) is 14.0 Å². The molecule has 4 aromatic rings. The van der Waals surface area contributed by atoms with Gasteiger partial charge in [0.15, 0.2) is 23.0 Å². The number of methoxy groups -OCH3 is 1. The predicted molar refractivity (Wildman–Crippen MR) is 171 cm³/mol. The number of aliphatic hydroxyl groups excluding tert-OH is 1. The minimum atomic E-state index is -1.09. The van der Waals surface area contributed by atoms with Crippen LogP contribution in [0.1, 0.15) is 29.3 Å². The van der Waals surface area contributed by atoms with Gasteiger partial charge in [-0.15, -0.1) is 24.8 Å². The molecule has 0 bridgehead atoms. The van der Waals surface area contributed by atoms with E-state index in [1.807, 2.05) is 6.92 Å². The summed E-state index contributed by atoms with van der Waals surface area (Å²) >= 11 is 0. The van der Waals surface area contributed by atoms with Crippen molar-refractivity contribution >= 4 is 53.8 Å². The Bertz CT molecular complexity index is 1620. The van der Waals surface area contributed by atoms with E-state index in [0.717, 1.165) is 5.56 Å². The molecule has 2 heterocycles. The largest absolute Gasteiger partial charge is 0.494 e. The van der Waals surface area contributed by atoms with Crippen LogP contribution in [0.4, 0.5) is 20.3 Å². The Kier molecular flexibility index (Phi) is 13.9. The van der Waals surface area contributed by atoms with Crippen LogP contribution in [0.25, 0.3) is 16.9 Å². The Morgan fingerprint density at radius 1 is 1.09 bits per heavy atom. The number of carbonyl (C=O) groups is 2. The van der Waals surface area contributed by atoms with Gasteiger partial charge in [0.1, 0.15) is 0 Å². The molecule has 4 rings (SSSR count). The van der Waals surface area contributed by atoms with Crippen molar-refractivity contribution in [1.82, 2.24) is 25.0 Å². The number of ether oxygens (including phenoxy) is 1. The summed E-state index contributed by atoms with van der Waals surface area (Å²) in [6.07, 6.45) is 4.35. The van der Waals surface area contributed by atoms with Crippen molar-refractivity contribution in [2.24, 2.45) is 11.5 Å². The minimum Gasteiger partial charge on any atom is -0.494 e. The number of halogens is 4. The zero-order valence-electron chi connectivity index (χ0n) is 24.5. The third-order valence-corrected chi connectivity index (χ3v) is 6.79. The number of nitrogens with zero attached hydrogens (tertiary/aromatic N) is 3. The number of aliphatic hydroxyl groups is 1. The van der Waals surface area contributed by atoms with Crippen LogP contribution >= 0.6 is 24.8 Å². The average molecular weight is 670 g/mol. The number of hydrogen-bond donors (Lipinski definition) is 6. The van der Waals surface area contributed by atoms with Gasteiger partial charge in [-0.2, -0.15) is 4.39 Å². The maximum atomic E-state index is 14.8. The summed E-state index contributed by atoms with van der Waals surface area (Å²) in [6, 6.07) is 7.12. The molecule has 8 N–H and O–H groups in total. The summed E-state index contributed by atoms with van der Waals surface area (Å²) < 4.78 is 35.6. The van der Waals surface area contributed by atoms with Crippen LogP contribution in [0.2, 0.25) is 0 Å². The number of anilines is 2. The maximum absolute atomic E-state index is 14.8. The molecule has 2 atom stereocenters. The number of nitrogens with two attached hydrogens (primary N) is 2. The first-order valence-corrected chi connectivity index (χ1v) is 13.6. The lowest BCUT2D eigenvalue weighted by atomic mass is 10.0. The number of carbonyl (C=O) groups excluding carboxylic acids is 2. The molecule has 2 aromatic heterocycles. The molecule has 0 saturated carbocycles. The number of benzene rings is 2. The fraction of sp³-hybridized carbons (Fsp3) is 0.310. The van der Waals surface area contributed by atoms with E-state index in [1.165, 1.54) is 31.6 Å². The van der Waals surface area contributed by atoms with Gasteiger partial charge in [-0.25, -0.2) is 14.4 Å². The fourth-order valence-electron chi connectivity index (χ4n) is 4.45. The second-order valence-corrected chi connectivity index (χ2v) is 9.70. The summed E-state index contributed by atoms with van der Waals surface area (Å²) in [5, 5.41) is 18.6. The maximum Gasteiger partial charge on any atom is 0.251 e. The Morgan fingerprint density at radius 3 is 2.51 bits per heavy atom. The number of amides is 2. The highest BCUT2D eigenvalue weighted by Gasteiger charge is 2.20. The third kappa shape index (κ3) is 8.55. The lowest BCUT2D eigenvalue weighted by molar-refractivity contribution is -0.122. The smallest absolute Gasteiger partial charge is 0.251 e. The molecule has 2 amide bonds. The molecule has 1 unspecified atom stereocenters. The standard InChI is InChI=1S/C29H34F2N8O4.2ClH/c1-3-16-12-17(4-5-19(16)28(41)36-13-18(40)14-37-29(42)21(33)8-9-32)38-26-27-35-15-22(39(27)11-10-34-26)20-6-7-23(43-2)25(31)24(20)30;;/h4-7,10-12,15,18,21,40H,3,8-9,13-14,32-33H2,1-2H3,(H,34,38)(H,36,41)(H,37,42);2*1H/t18?,21-;;/m1../s1. The van der Waals surface area contributed by atoms with Crippen molar-refractivity contribution in [3.05, 3.63) is 71.7 Å². The zero-order valence-corrected chi connectivity index (χ0v) is 26.2. The van der Waals surface area contributed by atoms with Gasteiger partial charge in [-0.05, 0) is 55.3 Å². The van der Waals surface area contributed by atoms with Crippen LogP contribution in [0.15, 0.2) is 48.9 Å². The minimum absolute atomic E-state index is 0. The second-order valence-electron chi connectivity index (χ2n) is 9.70. The van der Waals surface area contributed by atoms with Crippen LogP contribution in [-0.4, -0.2) is 70.2 Å². The lowest BCUT2D eigenvalue weighted by Crippen LogP contribution is -2.46. The lowest BCUT2D eigenvalue weighted by Gasteiger charge is -2.16. The summed E-state index contributed by atoms with van der Waals surface area (Å²) in [5.41, 5.74) is 13.6. The number of rotatable bonds is 13. The van der Waals surface area contributed by atoms with Gasteiger partial charge in [0.2, 0.25) is 11.7 Å². The van der Waals surface area contributed by atoms with E-state index in [-0.39, 0.29) is 61.7 Å². The first-order chi connectivity index (χ1) is 20.7. The molecule has 0 radical (unpaired) electrons. The third-order valence-electron chi connectivity index (χ3n) is 6.79. The number of imidazole rings is 1. The van der Waals surface area contributed by atoms with E-state index in [4.69, 9.17) is 16.2 Å². The summed E-state index contributed by atoms with van der Waals surface area (Å²) in [4.78, 5) is 33.5. The Labute approximate surface area is 270 Å². The molecule has 0 aliphatic carbocycles. The first-order valence-electron chi connectivity index (χ1n) is 13.6. The van der Waals surface area contributed by atoms with Gasteiger partial charge in [0.25, 0.3) is 5.91 Å². The summed E-state index contributed by atoms with van der Waals surface area (Å²) in [5.74, 6) is -2.81. The molecule has 0 saturated heterocycles. The Hall–Kier alpha value is -4.08. The highest BCUT2D eigenvalue weighted by molar-refractivity contribution is 5.96. The Morgan fingerprint density at radius 2 is 1.82 bits per heavy atom. The molecule has 244 valence electrons. The van der Waals surface area contributed by atoms with Gasteiger partial charge in [-0.1, -0.05) is 6.92 Å².